The Labute approximate surface area is 155 Å². The van der Waals surface area contributed by atoms with Crippen LogP contribution in [-0.4, -0.2) is 56.2 Å². The van der Waals surface area contributed by atoms with Crippen molar-refractivity contribution in [1.82, 2.24) is 29.9 Å². The number of aromatic amines is 1. The van der Waals surface area contributed by atoms with E-state index in [-0.39, 0.29) is 0 Å². The normalized spacial score (nSPS) is 14.6. The fourth-order valence-electron chi connectivity index (χ4n) is 3.26. The van der Waals surface area contributed by atoms with E-state index < -0.39 is 0 Å². The molecule has 8 heteroatoms. The van der Waals surface area contributed by atoms with Gasteiger partial charge in [-0.2, -0.15) is 0 Å². The van der Waals surface area contributed by atoms with Crippen molar-refractivity contribution in [2.24, 2.45) is 0 Å². The van der Waals surface area contributed by atoms with Gasteiger partial charge >= 0.3 is 0 Å². The number of hydrogen-bond donors (Lipinski definition) is 1. The number of rotatable bonds is 3. The number of H-pyrrole nitrogens is 1. The smallest absolute Gasteiger partial charge is 0.226 e. The molecule has 1 saturated heterocycles. The minimum Gasteiger partial charge on any atom is -0.378 e. The van der Waals surface area contributed by atoms with Gasteiger partial charge in [0.1, 0.15) is 17.5 Å². The molecule has 0 aliphatic carbocycles. The molecule has 0 atom stereocenters. The first kappa shape index (κ1) is 15.8. The molecule has 0 radical (unpaired) electrons. The molecule has 4 aromatic rings. The minimum atomic E-state index is 0.678. The number of nitrogens with one attached hydrogen (secondary N) is 1. The molecule has 1 aliphatic rings. The Hall–Kier alpha value is -3.39. The Kier molecular flexibility index (Phi) is 3.95. The van der Waals surface area contributed by atoms with Crippen molar-refractivity contribution in [2.75, 3.05) is 31.2 Å². The fourth-order valence-corrected chi connectivity index (χ4v) is 3.26. The van der Waals surface area contributed by atoms with E-state index in [2.05, 4.69) is 24.8 Å². The van der Waals surface area contributed by atoms with Crippen LogP contribution in [0.4, 0.5) is 5.95 Å². The summed E-state index contributed by atoms with van der Waals surface area (Å²) in [7, 11) is 0. The highest BCUT2D eigenvalue weighted by Crippen LogP contribution is 2.33. The third kappa shape index (κ3) is 2.89. The Bertz CT molecular complexity index is 1060. The maximum Gasteiger partial charge on any atom is 0.226 e. The summed E-state index contributed by atoms with van der Waals surface area (Å²) in [6.45, 7) is 2.90. The molecule has 0 saturated carbocycles. The summed E-state index contributed by atoms with van der Waals surface area (Å²) in [6.07, 6.45) is 8.74. The molecule has 4 aromatic heterocycles. The number of morpholine rings is 1. The first-order chi connectivity index (χ1) is 13.4. The van der Waals surface area contributed by atoms with Gasteiger partial charge in [-0.15, -0.1) is 0 Å². The Balaban J connectivity index is 1.74. The van der Waals surface area contributed by atoms with Gasteiger partial charge in [0.25, 0.3) is 0 Å². The second-order valence-electron chi connectivity index (χ2n) is 6.23. The molecular formula is C19H17N7O. The molecule has 5 rings (SSSR count). The van der Waals surface area contributed by atoms with Crippen LogP contribution in [0.15, 0.2) is 49.3 Å². The lowest BCUT2D eigenvalue weighted by atomic mass is 10.1. The van der Waals surface area contributed by atoms with Gasteiger partial charge in [-0.3, -0.25) is 4.98 Å². The Morgan fingerprint density at radius 2 is 1.78 bits per heavy atom. The maximum atomic E-state index is 5.47. The van der Waals surface area contributed by atoms with E-state index in [9.17, 15) is 0 Å². The Morgan fingerprint density at radius 1 is 0.963 bits per heavy atom. The van der Waals surface area contributed by atoms with Crippen molar-refractivity contribution in [3.63, 3.8) is 0 Å². The molecule has 27 heavy (non-hydrogen) atoms. The summed E-state index contributed by atoms with van der Waals surface area (Å²) in [6, 6.07) is 5.79. The highest BCUT2D eigenvalue weighted by atomic mass is 16.5. The predicted octanol–water partition coefficient (Wildman–Crippen LogP) is 2.31. The number of pyridine rings is 1. The van der Waals surface area contributed by atoms with Gasteiger partial charge in [0, 0.05) is 49.0 Å². The second kappa shape index (κ2) is 6.73. The van der Waals surface area contributed by atoms with Gasteiger partial charge in [-0.1, -0.05) is 0 Å². The predicted molar refractivity (Wildman–Crippen MR) is 101 cm³/mol. The molecule has 0 aromatic carbocycles. The van der Waals surface area contributed by atoms with Crippen molar-refractivity contribution in [3.8, 4) is 22.5 Å². The van der Waals surface area contributed by atoms with Crippen LogP contribution in [0.3, 0.4) is 0 Å². The second-order valence-corrected chi connectivity index (χ2v) is 6.23. The number of anilines is 1. The number of ether oxygens (including phenoxy) is 1. The molecule has 134 valence electrons. The molecule has 8 nitrogen and oxygen atoms in total. The first-order valence-corrected chi connectivity index (χ1v) is 8.79. The summed E-state index contributed by atoms with van der Waals surface area (Å²) in [5.74, 6) is 0.701. The van der Waals surface area contributed by atoms with E-state index in [0.717, 1.165) is 46.6 Å². The van der Waals surface area contributed by atoms with Crippen LogP contribution >= 0.6 is 0 Å². The van der Waals surface area contributed by atoms with Crippen molar-refractivity contribution in [2.45, 2.75) is 0 Å². The molecule has 0 spiro atoms. The lowest BCUT2D eigenvalue weighted by molar-refractivity contribution is 0.122. The molecule has 5 heterocycles. The molecule has 0 amide bonds. The lowest BCUT2D eigenvalue weighted by Gasteiger charge is -2.27. The van der Waals surface area contributed by atoms with E-state index in [1.54, 1.807) is 24.9 Å². The van der Waals surface area contributed by atoms with Gasteiger partial charge in [0.2, 0.25) is 5.95 Å². The largest absolute Gasteiger partial charge is 0.378 e. The SMILES string of the molecule is c1cc(-c2nc(N3CCOCC3)nc3c(-c4ccncn4)c[nH]c23)ccn1. The molecule has 1 N–H and O–H groups in total. The van der Waals surface area contributed by atoms with Gasteiger partial charge < -0.3 is 14.6 Å². The molecule has 0 bridgehead atoms. The summed E-state index contributed by atoms with van der Waals surface area (Å²) < 4.78 is 5.47. The first-order valence-electron chi connectivity index (χ1n) is 8.79. The number of aromatic nitrogens is 6. The van der Waals surface area contributed by atoms with Crippen LogP contribution < -0.4 is 4.90 Å². The fraction of sp³-hybridized carbons (Fsp3) is 0.211. The van der Waals surface area contributed by atoms with Crippen LogP contribution in [0.5, 0.6) is 0 Å². The van der Waals surface area contributed by atoms with Gasteiger partial charge in [-0.25, -0.2) is 19.9 Å². The lowest BCUT2D eigenvalue weighted by Crippen LogP contribution is -2.37. The summed E-state index contributed by atoms with van der Waals surface area (Å²) in [5, 5.41) is 0. The van der Waals surface area contributed by atoms with Crippen LogP contribution in [-0.2, 0) is 4.74 Å². The zero-order valence-electron chi connectivity index (χ0n) is 14.5. The maximum absolute atomic E-state index is 5.47. The molecular weight excluding hydrogens is 342 g/mol. The highest BCUT2D eigenvalue weighted by Gasteiger charge is 2.20. The van der Waals surface area contributed by atoms with Crippen LogP contribution in [0.2, 0.25) is 0 Å². The van der Waals surface area contributed by atoms with Crippen LogP contribution in [0.1, 0.15) is 0 Å². The third-order valence-electron chi connectivity index (χ3n) is 4.62. The van der Waals surface area contributed by atoms with Crippen LogP contribution in [0, 0.1) is 0 Å². The quantitative estimate of drug-likeness (QED) is 0.600. The van der Waals surface area contributed by atoms with Crippen LogP contribution in [0.25, 0.3) is 33.5 Å². The zero-order valence-corrected chi connectivity index (χ0v) is 14.5. The topological polar surface area (TPSA) is 92.7 Å². The van der Waals surface area contributed by atoms with Gasteiger partial charge in [0.15, 0.2) is 0 Å². The van der Waals surface area contributed by atoms with Crippen molar-refractivity contribution in [1.29, 1.82) is 0 Å². The number of fused-ring (bicyclic) bond motifs is 1. The standard InChI is InChI=1S/C19H17N7O/c1-4-20-5-2-13(1)16-18-17(14(11-22-18)15-3-6-21-12-23-15)25-19(24-16)26-7-9-27-10-8-26/h1-6,11-12,22H,7-10H2. The molecule has 1 aliphatic heterocycles. The highest BCUT2D eigenvalue weighted by molar-refractivity contribution is 5.99. The van der Waals surface area contributed by atoms with E-state index in [1.807, 2.05) is 24.4 Å². The monoisotopic (exact) mass is 359 g/mol. The van der Waals surface area contributed by atoms with Crippen molar-refractivity contribution < 1.29 is 4.74 Å². The molecule has 1 fully saturated rings. The van der Waals surface area contributed by atoms with Gasteiger partial charge in [-0.05, 0) is 18.2 Å². The van der Waals surface area contributed by atoms with E-state index in [1.165, 1.54) is 0 Å². The molecule has 0 unspecified atom stereocenters. The zero-order chi connectivity index (χ0) is 18.1. The summed E-state index contributed by atoms with van der Waals surface area (Å²) in [5.41, 5.74) is 5.32. The average Bonchev–Trinajstić information content (AvgIpc) is 3.19. The number of hydrogen-bond acceptors (Lipinski definition) is 7. The Morgan fingerprint density at radius 3 is 2.56 bits per heavy atom. The summed E-state index contributed by atoms with van der Waals surface area (Å²) in [4.78, 5) is 27.7. The van der Waals surface area contributed by atoms with Crippen molar-refractivity contribution in [3.05, 3.63) is 49.3 Å². The minimum absolute atomic E-state index is 0.678. The van der Waals surface area contributed by atoms with E-state index >= 15 is 0 Å². The summed E-state index contributed by atoms with van der Waals surface area (Å²) >= 11 is 0. The van der Waals surface area contributed by atoms with E-state index in [0.29, 0.717) is 19.2 Å². The van der Waals surface area contributed by atoms with Gasteiger partial charge in [0.05, 0.1) is 24.4 Å². The van der Waals surface area contributed by atoms with E-state index in [4.69, 9.17) is 14.7 Å². The van der Waals surface area contributed by atoms with Crippen molar-refractivity contribution >= 4 is 17.0 Å². The average molecular weight is 359 g/mol. The third-order valence-corrected chi connectivity index (χ3v) is 4.62. The number of nitrogens with zero attached hydrogens (tertiary/aromatic N) is 6.